The van der Waals surface area contributed by atoms with Gasteiger partial charge < -0.3 is 15.5 Å². The number of pyridine rings is 1. The summed E-state index contributed by atoms with van der Waals surface area (Å²) in [7, 11) is 0. The molecule has 0 atom stereocenters. The average molecular weight is 305 g/mol. The number of aromatic nitrogens is 3. The quantitative estimate of drug-likeness (QED) is 0.899. The van der Waals surface area contributed by atoms with Gasteiger partial charge in [0.2, 0.25) is 0 Å². The molecule has 0 bridgehead atoms. The summed E-state index contributed by atoms with van der Waals surface area (Å²) in [5.74, 6) is 1.76. The Labute approximate surface area is 127 Å². The third-order valence-corrected chi connectivity index (χ3v) is 4.13. The van der Waals surface area contributed by atoms with Gasteiger partial charge in [-0.15, -0.1) is 0 Å². The summed E-state index contributed by atoms with van der Waals surface area (Å²) in [6.07, 6.45) is 5.74. The van der Waals surface area contributed by atoms with Crippen molar-refractivity contribution in [3.8, 4) is 0 Å². The maximum absolute atomic E-state index is 6.20. The second kappa shape index (κ2) is 5.27. The molecule has 0 aromatic carbocycles. The van der Waals surface area contributed by atoms with E-state index in [1.54, 1.807) is 12.4 Å². The molecule has 1 aliphatic carbocycles. The summed E-state index contributed by atoms with van der Waals surface area (Å²) in [5.41, 5.74) is 1.46. The van der Waals surface area contributed by atoms with Crippen molar-refractivity contribution in [1.82, 2.24) is 20.3 Å². The molecule has 0 amide bonds. The molecule has 7 heteroatoms. The van der Waals surface area contributed by atoms with Crippen LogP contribution in [-0.4, -0.2) is 47.2 Å². The molecule has 1 saturated heterocycles. The van der Waals surface area contributed by atoms with Gasteiger partial charge in [0, 0.05) is 38.4 Å². The number of nitrogens with zero attached hydrogens (tertiary/aromatic N) is 4. The lowest BCUT2D eigenvalue weighted by molar-refractivity contribution is 0.585. The number of anilines is 2. The molecule has 2 aromatic rings. The third kappa shape index (κ3) is 2.61. The van der Waals surface area contributed by atoms with E-state index in [1.807, 2.05) is 0 Å². The lowest BCUT2D eigenvalue weighted by Crippen LogP contribution is -2.44. The number of piperazine rings is 1. The minimum absolute atomic E-state index is 0.527. The molecular weight excluding hydrogens is 288 g/mol. The van der Waals surface area contributed by atoms with Crippen LogP contribution in [-0.2, 0) is 0 Å². The van der Waals surface area contributed by atoms with Gasteiger partial charge >= 0.3 is 0 Å². The maximum atomic E-state index is 6.20. The van der Waals surface area contributed by atoms with E-state index in [1.165, 1.54) is 12.8 Å². The van der Waals surface area contributed by atoms with Gasteiger partial charge in [0.1, 0.15) is 11.0 Å². The van der Waals surface area contributed by atoms with E-state index in [2.05, 4.69) is 20.5 Å². The van der Waals surface area contributed by atoms with Gasteiger partial charge in [-0.05, 0) is 12.8 Å². The number of fused-ring (bicyclic) bond motifs is 1. The van der Waals surface area contributed by atoms with E-state index in [0.29, 0.717) is 16.6 Å². The highest BCUT2D eigenvalue weighted by Crippen LogP contribution is 2.32. The first kappa shape index (κ1) is 13.0. The first-order chi connectivity index (χ1) is 10.3. The fraction of sp³-hybridized carbons (Fsp3) is 0.500. The van der Waals surface area contributed by atoms with Crippen LogP contribution in [0, 0.1) is 0 Å². The van der Waals surface area contributed by atoms with Crippen molar-refractivity contribution in [2.24, 2.45) is 0 Å². The highest BCUT2D eigenvalue weighted by molar-refractivity contribution is 6.34. The van der Waals surface area contributed by atoms with Crippen LogP contribution < -0.4 is 15.5 Å². The molecule has 2 aliphatic rings. The highest BCUT2D eigenvalue weighted by atomic mass is 35.5. The van der Waals surface area contributed by atoms with Gasteiger partial charge in [-0.1, -0.05) is 11.6 Å². The SMILES string of the molecule is Clc1cncc2nc(N3CCNCC3)c(NC3CC3)nc12. The molecule has 4 rings (SSSR count). The Bertz CT molecular complexity index is 666. The largest absolute Gasteiger partial charge is 0.364 e. The first-order valence-corrected chi connectivity index (χ1v) is 7.72. The molecule has 1 aliphatic heterocycles. The van der Waals surface area contributed by atoms with Crippen molar-refractivity contribution in [2.75, 3.05) is 36.4 Å². The molecule has 0 unspecified atom stereocenters. The second-order valence-corrected chi connectivity index (χ2v) is 5.95. The number of halogens is 1. The lowest BCUT2D eigenvalue weighted by atomic mass is 10.3. The third-order valence-electron chi connectivity index (χ3n) is 3.85. The fourth-order valence-corrected chi connectivity index (χ4v) is 2.75. The van der Waals surface area contributed by atoms with Crippen molar-refractivity contribution in [3.05, 3.63) is 17.4 Å². The predicted molar refractivity (Wildman–Crippen MR) is 84.1 cm³/mol. The van der Waals surface area contributed by atoms with Crippen molar-refractivity contribution in [3.63, 3.8) is 0 Å². The van der Waals surface area contributed by atoms with E-state index < -0.39 is 0 Å². The van der Waals surface area contributed by atoms with Crippen LogP contribution in [0.4, 0.5) is 11.6 Å². The Hall–Kier alpha value is -1.66. The molecule has 2 N–H and O–H groups in total. The monoisotopic (exact) mass is 304 g/mol. The van der Waals surface area contributed by atoms with Crippen LogP contribution in [0.1, 0.15) is 12.8 Å². The minimum atomic E-state index is 0.527. The first-order valence-electron chi connectivity index (χ1n) is 7.35. The van der Waals surface area contributed by atoms with Gasteiger partial charge in [0.05, 0.1) is 11.2 Å². The van der Waals surface area contributed by atoms with Crippen LogP contribution in [0.2, 0.25) is 5.02 Å². The molecule has 21 heavy (non-hydrogen) atoms. The van der Waals surface area contributed by atoms with E-state index in [4.69, 9.17) is 21.6 Å². The zero-order valence-corrected chi connectivity index (χ0v) is 12.4. The normalized spacial score (nSPS) is 19.0. The zero-order chi connectivity index (χ0) is 14.2. The van der Waals surface area contributed by atoms with Crippen LogP contribution in [0.3, 0.4) is 0 Å². The summed E-state index contributed by atoms with van der Waals surface area (Å²) >= 11 is 6.20. The summed E-state index contributed by atoms with van der Waals surface area (Å²) in [6.45, 7) is 3.81. The lowest BCUT2D eigenvalue weighted by Gasteiger charge is -2.29. The Morgan fingerprint density at radius 1 is 1.19 bits per heavy atom. The molecule has 1 saturated carbocycles. The summed E-state index contributed by atoms with van der Waals surface area (Å²) in [6, 6.07) is 0.527. The number of rotatable bonds is 3. The predicted octanol–water partition coefficient (Wildman–Crippen LogP) is 1.66. The second-order valence-electron chi connectivity index (χ2n) is 5.54. The van der Waals surface area contributed by atoms with E-state index >= 15 is 0 Å². The average Bonchev–Trinajstić information content (AvgIpc) is 3.32. The molecule has 110 valence electrons. The van der Waals surface area contributed by atoms with Crippen molar-refractivity contribution in [2.45, 2.75) is 18.9 Å². The number of hydrogen-bond acceptors (Lipinski definition) is 6. The molecule has 0 radical (unpaired) electrons. The van der Waals surface area contributed by atoms with Crippen molar-refractivity contribution >= 4 is 34.3 Å². The van der Waals surface area contributed by atoms with Crippen LogP contribution in [0.25, 0.3) is 11.0 Å². The molecule has 2 aromatic heterocycles. The van der Waals surface area contributed by atoms with Crippen LogP contribution in [0.5, 0.6) is 0 Å². The molecule has 6 nitrogen and oxygen atoms in total. The van der Waals surface area contributed by atoms with E-state index in [0.717, 1.165) is 43.3 Å². The van der Waals surface area contributed by atoms with Gasteiger partial charge in [-0.2, -0.15) is 0 Å². The molecular formula is C14H17ClN6. The van der Waals surface area contributed by atoms with Gasteiger partial charge in [0.25, 0.3) is 0 Å². The summed E-state index contributed by atoms with van der Waals surface area (Å²) in [4.78, 5) is 15.9. The Morgan fingerprint density at radius 3 is 2.76 bits per heavy atom. The fourth-order valence-electron chi connectivity index (χ4n) is 2.55. The van der Waals surface area contributed by atoms with Gasteiger partial charge in [-0.3, -0.25) is 4.98 Å². The minimum Gasteiger partial charge on any atom is -0.364 e. The maximum Gasteiger partial charge on any atom is 0.172 e. The zero-order valence-electron chi connectivity index (χ0n) is 11.6. The smallest absolute Gasteiger partial charge is 0.172 e. The summed E-state index contributed by atoms with van der Waals surface area (Å²) < 4.78 is 0. The Morgan fingerprint density at radius 2 is 2.00 bits per heavy atom. The van der Waals surface area contributed by atoms with Crippen LogP contribution >= 0.6 is 11.6 Å². The topological polar surface area (TPSA) is 66.0 Å². The molecule has 2 fully saturated rings. The number of nitrogens with one attached hydrogen (secondary N) is 2. The van der Waals surface area contributed by atoms with Crippen molar-refractivity contribution in [1.29, 1.82) is 0 Å². The van der Waals surface area contributed by atoms with Crippen molar-refractivity contribution < 1.29 is 0 Å². The Kier molecular flexibility index (Phi) is 3.27. The summed E-state index contributed by atoms with van der Waals surface area (Å²) in [5, 5.41) is 7.39. The van der Waals surface area contributed by atoms with Crippen LogP contribution in [0.15, 0.2) is 12.4 Å². The molecule has 3 heterocycles. The van der Waals surface area contributed by atoms with Gasteiger partial charge in [0.15, 0.2) is 11.6 Å². The molecule has 0 spiro atoms. The standard InChI is InChI=1S/C14H17ClN6/c15-10-7-17-8-11-12(10)20-13(18-9-1-2-9)14(19-11)21-5-3-16-4-6-21/h7-9,16H,1-6H2,(H,18,20). The van der Waals surface area contributed by atoms with E-state index in [-0.39, 0.29) is 0 Å². The van der Waals surface area contributed by atoms with E-state index in [9.17, 15) is 0 Å². The Balaban J connectivity index is 1.81. The van der Waals surface area contributed by atoms with Gasteiger partial charge in [-0.25, -0.2) is 9.97 Å². The number of hydrogen-bond donors (Lipinski definition) is 2. The highest BCUT2D eigenvalue weighted by Gasteiger charge is 2.26.